The maximum Gasteiger partial charge on any atom is 0.274 e. The maximum absolute atomic E-state index is 10.9. The van der Waals surface area contributed by atoms with Crippen molar-refractivity contribution in [1.82, 2.24) is 4.90 Å². The number of anilines is 1. The highest BCUT2D eigenvalue weighted by atomic mass is 16.6. The van der Waals surface area contributed by atoms with Crippen molar-refractivity contribution < 1.29 is 4.92 Å². The number of rotatable bonds is 4. The number of nitrogens with zero attached hydrogens (tertiary/aromatic N) is 2. The average Bonchev–Trinajstić information content (AvgIpc) is 2.37. The van der Waals surface area contributed by atoms with Crippen LogP contribution >= 0.6 is 0 Å². The normalized spacial score (nSPS) is 20.2. The Bertz CT molecular complexity index is 462. The van der Waals surface area contributed by atoms with E-state index in [0.717, 1.165) is 18.8 Å². The molecule has 104 valence electrons. The van der Waals surface area contributed by atoms with Crippen LogP contribution in [0.1, 0.15) is 18.4 Å². The highest BCUT2D eigenvalue weighted by Gasteiger charge is 2.17. The molecule has 0 radical (unpaired) electrons. The lowest BCUT2D eigenvalue weighted by atomic mass is 9.98. The predicted octanol–water partition coefficient (Wildman–Crippen LogP) is 2.66. The smallest absolute Gasteiger partial charge is 0.274 e. The van der Waals surface area contributed by atoms with Crippen LogP contribution in [0.5, 0.6) is 0 Å². The SMILES string of the molecule is Cc1ccc(NCC2CCCN(C)C2)cc1[N+](=O)[O-]. The molecule has 1 aromatic carbocycles. The minimum Gasteiger partial charge on any atom is -0.385 e. The lowest BCUT2D eigenvalue weighted by molar-refractivity contribution is -0.385. The van der Waals surface area contributed by atoms with E-state index in [0.29, 0.717) is 11.5 Å². The van der Waals surface area contributed by atoms with Gasteiger partial charge in [-0.2, -0.15) is 0 Å². The molecule has 1 heterocycles. The van der Waals surface area contributed by atoms with Crippen LogP contribution in [0, 0.1) is 23.0 Å². The van der Waals surface area contributed by atoms with E-state index in [9.17, 15) is 10.1 Å². The molecule has 1 unspecified atom stereocenters. The molecule has 0 bridgehead atoms. The molecule has 0 spiro atoms. The first-order chi connectivity index (χ1) is 9.06. The summed E-state index contributed by atoms with van der Waals surface area (Å²) in [5, 5.41) is 14.2. The molecule has 0 aromatic heterocycles. The van der Waals surface area contributed by atoms with E-state index in [-0.39, 0.29) is 10.6 Å². The van der Waals surface area contributed by atoms with Crippen LogP contribution in [-0.4, -0.2) is 36.5 Å². The Morgan fingerprint density at radius 1 is 1.53 bits per heavy atom. The molecule has 1 N–H and O–H groups in total. The van der Waals surface area contributed by atoms with E-state index in [1.54, 1.807) is 19.1 Å². The fourth-order valence-electron chi connectivity index (χ4n) is 2.62. The number of hydrogen-bond acceptors (Lipinski definition) is 4. The molecule has 0 aliphatic carbocycles. The zero-order chi connectivity index (χ0) is 13.8. The minimum atomic E-state index is -0.325. The van der Waals surface area contributed by atoms with Gasteiger partial charge in [0.15, 0.2) is 0 Å². The molecule has 1 aliphatic rings. The van der Waals surface area contributed by atoms with Crippen molar-refractivity contribution in [1.29, 1.82) is 0 Å². The van der Waals surface area contributed by atoms with Gasteiger partial charge in [0, 0.05) is 30.4 Å². The van der Waals surface area contributed by atoms with Gasteiger partial charge in [-0.05, 0) is 45.3 Å². The van der Waals surface area contributed by atoms with Gasteiger partial charge >= 0.3 is 0 Å². The third-order valence-electron chi connectivity index (χ3n) is 3.72. The third kappa shape index (κ3) is 3.67. The summed E-state index contributed by atoms with van der Waals surface area (Å²) in [6, 6.07) is 5.34. The van der Waals surface area contributed by atoms with Crippen molar-refractivity contribution in [2.75, 3.05) is 32.0 Å². The highest BCUT2D eigenvalue weighted by molar-refractivity contribution is 5.54. The topological polar surface area (TPSA) is 58.4 Å². The monoisotopic (exact) mass is 263 g/mol. The molecule has 1 aliphatic heterocycles. The van der Waals surface area contributed by atoms with Gasteiger partial charge in [0.05, 0.1) is 4.92 Å². The molecule has 1 fully saturated rings. The van der Waals surface area contributed by atoms with Crippen molar-refractivity contribution in [3.63, 3.8) is 0 Å². The maximum atomic E-state index is 10.9. The zero-order valence-corrected chi connectivity index (χ0v) is 11.6. The number of nitro groups is 1. The van der Waals surface area contributed by atoms with E-state index in [1.165, 1.54) is 19.4 Å². The van der Waals surface area contributed by atoms with Crippen LogP contribution in [0.25, 0.3) is 0 Å². The first kappa shape index (κ1) is 13.8. The lowest BCUT2D eigenvalue weighted by Crippen LogP contribution is -2.35. The molecule has 1 atom stereocenters. The Morgan fingerprint density at radius 2 is 2.32 bits per heavy atom. The average molecular weight is 263 g/mol. The standard InChI is InChI=1S/C14H21N3O2/c1-11-5-6-13(8-14(11)17(18)19)15-9-12-4-3-7-16(2)10-12/h5-6,8,12,15H,3-4,7,9-10H2,1-2H3. The number of hydrogen-bond donors (Lipinski definition) is 1. The van der Waals surface area contributed by atoms with Crippen LogP contribution in [0.2, 0.25) is 0 Å². The van der Waals surface area contributed by atoms with Gasteiger partial charge in [0.25, 0.3) is 5.69 Å². The van der Waals surface area contributed by atoms with Gasteiger partial charge in [-0.25, -0.2) is 0 Å². The van der Waals surface area contributed by atoms with Crippen molar-refractivity contribution in [2.24, 2.45) is 5.92 Å². The van der Waals surface area contributed by atoms with Gasteiger partial charge in [-0.1, -0.05) is 6.07 Å². The van der Waals surface area contributed by atoms with Gasteiger partial charge in [0.2, 0.25) is 0 Å². The summed E-state index contributed by atoms with van der Waals surface area (Å²) in [4.78, 5) is 12.9. The van der Waals surface area contributed by atoms with E-state index in [2.05, 4.69) is 17.3 Å². The molecular formula is C14H21N3O2. The second-order valence-corrected chi connectivity index (χ2v) is 5.41. The van der Waals surface area contributed by atoms with Gasteiger partial charge < -0.3 is 10.2 Å². The number of piperidine rings is 1. The minimum absolute atomic E-state index is 0.186. The van der Waals surface area contributed by atoms with Crippen LogP contribution in [-0.2, 0) is 0 Å². The molecular weight excluding hydrogens is 242 g/mol. The van der Waals surface area contributed by atoms with Gasteiger partial charge in [-0.3, -0.25) is 10.1 Å². The summed E-state index contributed by atoms with van der Waals surface area (Å²) in [7, 11) is 2.14. The molecule has 5 heteroatoms. The Kier molecular flexibility index (Phi) is 4.37. The summed E-state index contributed by atoms with van der Waals surface area (Å²) in [6.07, 6.45) is 2.46. The predicted molar refractivity (Wildman–Crippen MR) is 76.5 cm³/mol. The summed E-state index contributed by atoms with van der Waals surface area (Å²) in [6.45, 7) is 4.91. The molecule has 0 saturated carbocycles. The number of aryl methyl sites for hydroxylation is 1. The Labute approximate surface area is 113 Å². The number of nitrogens with one attached hydrogen (secondary N) is 1. The van der Waals surface area contributed by atoms with Crippen LogP contribution in [0.4, 0.5) is 11.4 Å². The fraction of sp³-hybridized carbons (Fsp3) is 0.571. The number of benzene rings is 1. The second kappa shape index (κ2) is 6.02. The van der Waals surface area contributed by atoms with Crippen LogP contribution < -0.4 is 5.32 Å². The first-order valence-electron chi connectivity index (χ1n) is 6.73. The van der Waals surface area contributed by atoms with Crippen molar-refractivity contribution in [3.05, 3.63) is 33.9 Å². The largest absolute Gasteiger partial charge is 0.385 e. The molecule has 19 heavy (non-hydrogen) atoms. The van der Waals surface area contributed by atoms with Gasteiger partial charge in [0.1, 0.15) is 0 Å². The highest BCUT2D eigenvalue weighted by Crippen LogP contribution is 2.23. The number of nitro benzene ring substituents is 1. The van der Waals surface area contributed by atoms with Crippen LogP contribution in [0.3, 0.4) is 0 Å². The van der Waals surface area contributed by atoms with Crippen molar-refractivity contribution in [3.8, 4) is 0 Å². The Morgan fingerprint density at radius 3 is 3.00 bits per heavy atom. The Hall–Kier alpha value is -1.62. The summed E-state index contributed by atoms with van der Waals surface area (Å²) < 4.78 is 0. The van der Waals surface area contributed by atoms with E-state index in [1.807, 2.05) is 6.07 Å². The molecule has 0 amide bonds. The third-order valence-corrected chi connectivity index (χ3v) is 3.72. The quantitative estimate of drug-likeness (QED) is 0.670. The summed E-state index contributed by atoms with van der Waals surface area (Å²) in [5.41, 5.74) is 1.73. The van der Waals surface area contributed by atoms with Crippen LogP contribution in [0.15, 0.2) is 18.2 Å². The van der Waals surface area contributed by atoms with E-state index >= 15 is 0 Å². The summed E-state index contributed by atoms with van der Waals surface area (Å²) >= 11 is 0. The van der Waals surface area contributed by atoms with E-state index < -0.39 is 0 Å². The van der Waals surface area contributed by atoms with Crippen molar-refractivity contribution >= 4 is 11.4 Å². The Balaban J connectivity index is 1.96. The van der Waals surface area contributed by atoms with Crippen molar-refractivity contribution in [2.45, 2.75) is 19.8 Å². The fourth-order valence-corrected chi connectivity index (χ4v) is 2.62. The molecule has 2 rings (SSSR count). The number of likely N-dealkylation sites (tertiary alicyclic amines) is 1. The molecule has 1 saturated heterocycles. The zero-order valence-electron chi connectivity index (χ0n) is 11.6. The summed E-state index contributed by atoms with van der Waals surface area (Å²) in [5.74, 6) is 0.624. The second-order valence-electron chi connectivity index (χ2n) is 5.41. The van der Waals surface area contributed by atoms with E-state index in [4.69, 9.17) is 0 Å². The first-order valence-corrected chi connectivity index (χ1v) is 6.73. The molecule has 1 aromatic rings. The molecule has 5 nitrogen and oxygen atoms in total. The van der Waals surface area contributed by atoms with Gasteiger partial charge in [-0.15, -0.1) is 0 Å². The lowest BCUT2D eigenvalue weighted by Gasteiger charge is -2.29.